The fourth-order valence-electron chi connectivity index (χ4n) is 3.22. The quantitative estimate of drug-likeness (QED) is 0.235. The van der Waals surface area contributed by atoms with Crippen molar-refractivity contribution in [3.8, 4) is 0 Å². The molecule has 0 fully saturated rings. The van der Waals surface area contributed by atoms with Crippen molar-refractivity contribution in [2.75, 3.05) is 0 Å². The second-order valence-electron chi connectivity index (χ2n) is 6.85. The van der Waals surface area contributed by atoms with Gasteiger partial charge < -0.3 is 15.0 Å². The van der Waals surface area contributed by atoms with Gasteiger partial charge in [0.25, 0.3) is 0 Å². The van der Waals surface area contributed by atoms with Crippen molar-refractivity contribution >= 4 is 46.4 Å². The summed E-state index contributed by atoms with van der Waals surface area (Å²) in [6.45, 7) is 0. The van der Waals surface area contributed by atoms with Gasteiger partial charge in [-0.2, -0.15) is 18.2 Å². The van der Waals surface area contributed by atoms with Gasteiger partial charge in [0.1, 0.15) is 0 Å². The van der Waals surface area contributed by atoms with Gasteiger partial charge in [-0.1, -0.05) is 12.4 Å². The molecule has 0 radical (unpaired) electrons. The first kappa shape index (κ1) is 20.5. The number of pyridine rings is 1. The molecule has 5 nitrogen and oxygen atoms in total. The SMILES string of the molecule is C1=Cc2cc3ccc(cc4ccc(cc5nc(cc1n2)C=C5)[nH]4)[nH]3.[Cu+].[c-]1ccncc1. The molecule has 2 aliphatic heterocycles. The normalized spacial score (nSPS) is 11.4. The number of aromatic nitrogens is 5. The molecule has 6 rings (SSSR count). The van der Waals surface area contributed by atoms with E-state index in [0.717, 1.165) is 44.8 Å². The molecule has 2 N–H and O–H groups in total. The Morgan fingerprint density at radius 3 is 1.35 bits per heavy atom. The molecule has 0 atom stereocenters. The number of hydrogen-bond donors (Lipinski definition) is 2. The molecule has 4 aromatic heterocycles. The summed E-state index contributed by atoms with van der Waals surface area (Å²) in [5.41, 5.74) is 7.86. The predicted molar refractivity (Wildman–Crippen MR) is 122 cm³/mol. The third-order valence-electron chi connectivity index (χ3n) is 4.56. The Morgan fingerprint density at radius 1 is 0.548 bits per heavy atom. The van der Waals surface area contributed by atoms with Crippen LogP contribution in [0.15, 0.2) is 73.1 Å². The minimum Gasteiger partial charge on any atom is -0.391 e. The van der Waals surface area contributed by atoms with Gasteiger partial charge in [0, 0.05) is 22.1 Å². The maximum absolute atomic E-state index is 4.62. The molecular weight excluding hydrogens is 434 g/mol. The van der Waals surface area contributed by atoms with E-state index < -0.39 is 0 Å². The number of nitrogens with zero attached hydrogens (tertiary/aromatic N) is 3. The summed E-state index contributed by atoms with van der Waals surface area (Å²) in [5, 5.41) is 0. The van der Waals surface area contributed by atoms with Crippen LogP contribution < -0.4 is 0 Å². The molecular formula is C25H18CuN5. The molecule has 2 aliphatic rings. The van der Waals surface area contributed by atoms with E-state index in [9.17, 15) is 0 Å². The number of aromatic amines is 2. The first-order chi connectivity index (χ1) is 14.8. The van der Waals surface area contributed by atoms with Gasteiger partial charge in [0.15, 0.2) is 0 Å². The van der Waals surface area contributed by atoms with E-state index in [2.05, 4.69) is 61.3 Å². The third-order valence-corrected chi connectivity index (χ3v) is 4.56. The summed E-state index contributed by atoms with van der Waals surface area (Å²) in [4.78, 5) is 19.8. The molecule has 4 aromatic rings. The van der Waals surface area contributed by atoms with E-state index >= 15 is 0 Å². The van der Waals surface area contributed by atoms with Gasteiger partial charge >= 0.3 is 17.1 Å². The van der Waals surface area contributed by atoms with E-state index in [1.165, 1.54) is 0 Å². The maximum atomic E-state index is 4.62. The molecule has 0 amide bonds. The zero-order valence-electron chi connectivity index (χ0n) is 16.4. The minimum absolute atomic E-state index is 0. The summed E-state index contributed by atoms with van der Waals surface area (Å²) in [7, 11) is 0. The van der Waals surface area contributed by atoms with Gasteiger partial charge in [0.2, 0.25) is 0 Å². The average Bonchev–Trinajstić information content (AvgIpc) is 3.56. The predicted octanol–water partition coefficient (Wildman–Crippen LogP) is 5.53. The van der Waals surface area contributed by atoms with Gasteiger partial charge in [-0.05, 0) is 72.8 Å². The van der Waals surface area contributed by atoms with Gasteiger partial charge in [0.05, 0.1) is 22.8 Å². The van der Waals surface area contributed by atoms with E-state index in [-0.39, 0.29) is 17.1 Å². The fourth-order valence-corrected chi connectivity index (χ4v) is 3.22. The average molecular weight is 452 g/mol. The maximum Gasteiger partial charge on any atom is 1.00 e. The van der Waals surface area contributed by atoms with Crippen LogP contribution in [-0.4, -0.2) is 24.9 Å². The second kappa shape index (κ2) is 9.39. The van der Waals surface area contributed by atoms with Crippen LogP contribution in [0.3, 0.4) is 0 Å². The van der Waals surface area contributed by atoms with Crippen LogP contribution in [-0.2, 0) is 17.1 Å². The summed E-state index contributed by atoms with van der Waals surface area (Å²) in [6, 6.07) is 22.8. The Morgan fingerprint density at radius 2 is 0.968 bits per heavy atom. The second-order valence-corrected chi connectivity index (χ2v) is 6.85. The largest absolute Gasteiger partial charge is 1.00 e. The van der Waals surface area contributed by atoms with Crippen LogP contribution >= 0.6 is 0 Å². The Balaban J connectivity index is 0.000000288. The molecule has 154 valence electrons. The smallest absolute Gasteiger partial charge is 0.391 e. The first-order valence-electron chi connectivity index (χ1n) is 9.61. The van der Waals surface area contributed by atoms with Crippen molar-refractivity contribution in [2.45, 2.75) is 0 Å². The van der Waals surface area contributed by atoms with Gasteiger partial charge in [-0.25, -0.2) is 9.97 Å². The number of nitrogens with one attached hydrogen (secondary N) is 2. The van der Waals surface area contributed by atoms with Crippen LogP contribution in [0.1, 0.15) is 22.8 Å². The monoisotopic (exact) mass is 451 g/mol. The molecule has 0 unspecified atom stereocenters. The molecule has 0 aliphatic carbocycles. The fraction of sp³-hybridized carbons (Fsp3) is 0. The standard InChI is InChI=1S/C20H14N4.C5H4N.Cu/c1-2-14-10-16-5-6-18(23-16)12-20-8-7-19(24-20)11-17-4-3-15(22-17)9-13(1)21-14;1-2-4-6-5-3-1;/h1-12,21-22H;2-5H;/q;-1;+1. The van der Waals surface area contributed by atoms with Crippen LogP contribution in [0.2, 0.25) is 0 Å². The minimum atomic E-state index is 0. The third kappa shape index (κ3) is 5.25. The Kier molecular flexibility index (Phi) is 6.22. The van der Waals surface area contributed by atoms with Crippen molar-refractivity contribution in [2.24, 2.45) is 0 Å². The molecule has 8 bridgehead atoms. The van der Waals surface area contributed by atoms with E-state index in [1.807, 2.05) is 42.5 Å². The molecule has 0 saturated heterocycles. The Hall–Kier alpha value is -3.73. The topological polar surface area (TPSA) is 70.2 Å². The van der Waals surface area contributed by atoms with Crippen molar-refractivity contribution in [3.63, 3.8) is 0 Å². The molecule has 0 spiro atoms. The molecule has 31 heavy (non-hydrogen) atoms. The molecule has 0 aromatic carbocycles. The zero-order chi connectivity index (χ0) is 20.2. The first-order valence-corrected chi connectivity index (χ1v) is 9.61. The molecule has 6 heterocycles. The summed E-state index contributed by atoms with van der Waals surface area (Å²) >= 11 is 0. The van der Waals surface area contributed by atoms with Gasteiger partial charge in [-0.3, -0.25) is 0 Å². The van der Waals surface area contributed by atoms with Gasteiger partial charge in [-0.15, -0.1) is 0 Å². The summed E-state index contributed by atoms with van der Waals surface area (Å²) in [5.74, 6) is 0. The Bertz CT molecular complexity index is 1280. The van der Waals surface area contributed by atoms with Crippen LogP contribution in [0, 0.1) is 6.07 Å². The number of H-pyrrole nitrogens is 2. The molecule has 0 saturated carbocycles. The summed E-state index contributed by atoms with van der Waals surface area (Å²) in [6.07, 6.45) is 11.4. The van der Waals surface area contributed by atoms with Crippen molar-refractivity contribution in [3.05, 3.63) is 102 Å². The Labute approximate surface area is 190 Å². The van der Waals surface area contributed by atoms with Crippen LogP contribution in [0.25, 0.3) is 46.4 Å². The number of rotatable bonds is 0. The zero-order valence-corrected chi connectivity index (χ0v) is 17.3. The van der Waals surface area contributed by atoms with E-state index in [0.29, 0.717) is 0 Å². The number of hydrogen-bond acceptors (Lipinski definition) is 3. The van der Waals surface area contributed by atoms with Crippen molar-refractivity contribution < 1.29 is 17.1 Å². The van der Waals surface area contributed by atoms with Crippen LogP contribution in [0.5, 0.6) is 0 Å². The van der Waals surface area contributed by atoms with Crippen molar-refractivity contribution in [1.29, 1.82) is 0 Å². The number of fused-ring (bicyclic) bond motifs is 8. The van der Waals surface area contributed by atoms with Crippen LogP contribution in [0.4, 0.5) is 0 Å². The van der Waals surface area contributed by atoms with E-state index in [4.69, 9.17) is 0 Å². The van der Waals surface area contributed by atoms with Crippen molar-refractivity contribution in [1.82, 2.24) is 24.9 Å². The summed E-state index contributed by atoms with van der Waals surface area (Å²) < 4.78 is 0. The van der Waals surface area contributed by atoms with E-state index in [1.54, 1.807) is 24.5 Å². The molecule has 6 heteroatoms.